The van der Waals surface area contributed by atoms with Gasteiger partial charge in [-0.1, -0.05) is 0 Å². The summed E-state index contributed by atoms with van der Waals surface area (Å²) in [6.07, 6.45) is 1.77. The smallest absolute Gasteiger partial charge is 0.273 e. The zero-order valence-corrected chi connectivity index (χ0v) is 18.3. The van der Waals surface area contributed by atoms with Gasteiger partial charge in [0.25, 0.3) is 11.5 Å². The first-order chi connectivity index (χ1) is 15.0. The third-order valence-electron chi connectivity index (χ3n) is 4.91. The molecule has 1 aliphatic heterocycles. The van der Waals surface area contributed by atoms with Crippen LogP contribution in [0.5, 0.6) is 0 Å². The van der Waals surface area contributed by atoms with E-state index in [1.165, 1.54) is 40.2 Å². The van der Waals surface area contributed by atoms with Crippen LogP contribution in [0.1, 0.15) is 10.4 Å². The molecule has 0 saturated carbocycles. The standard InChI is InChI=1S/C22H18FN3O3S2/c1-14-6-11-30-18(14)12-19-21(28)26(16-4-2-15(23)3-5-16)22(31-19)17(13-24)20(27)25-7-9-29-10-8-25/h2-6,11-12H,7-10H2,1H3/b19-12+,22-17-. The lowest BCUT2D eigenvalue weighted by molar-refractivity contribution is -0.128. The van der Waals surface area contributed by atoms with Crippen LogP contribution in [0.2, 0.25) is 0 Å². The first-order valence-corrected chi connectivity index (χ1v) is 11.2. The Morgan fingerprint density at radius 2 is 1.94 bits per heavy atom. The third-order valence-corrected chi connectivity index (χ3v) is 6.97. The number of rotatable bonds is 3. The molecule has 0 spiro atoms. The van der Waals surface area contributed by atoms with Gasteiger partial charge < -0.3 is 9.64 Å². The summed E-state index contributed by atoms with van der Waals surface area (Å²) < 4.78 is 20.7. The lowest BCUT2D eigenvalue weighted by Crippen LogP contribution is -2.42. The second kappa shape index (κ2) is 8.98. The number of hydrogen-bond acceptors (Lipinski definition) is 6. The van der Waals surface area contributed by atoms with Crippen molar-refractivity contribution >= 4 is 40.2 Å². The molecule has 4 rings (SSSR count). The maximum Gasteiger partial charge on any atom is 0.273 e. The van der Waals surface area contributed by atoms with Crippen molar-refractivity contribution in [1.82, 2.24) is 9.47 Å². The highest BCUT2D eigenvalue weighted by Crippen LogP contribution is 2.16. The molecule has 3 heterocycles. The summed E-state index contributed by atoms with van der Waals surface area (Å²) in [5.74, 6) is -0.884. The van der Waals surface area contributed by atoms with Crippen LogP contribution in [0.25, 0.3) is 17.3 Å². The van der Waals surface area contributed by atoms with Crippen molar-refractivity contribution in [3.05, 3.63) is 71.5 Å². The van der Waals surface area contributed by atoms with Gasteiger partial charge in [-0.05, 0) is 54.3 Å². The quantitative estimate of drug-likeness (QED) is 0.603. The SMILES string of the molecule is Cc1ccsc1/C=c1/s/c(=C(/C#N)C(=O)N2CCOCC2)n(-c2ccc(F)cc2)c1=O. The minimum atomic E-state index is -0.443. The van der Waals surface area contributed by atoms with Crippen LogP contribution in [-0.2, 0) is 9.53 Å². The molecule has 1 aliphatic rings. The molecule has 1 aromatic carbocycles. The number of aromatic nitrogens is 1. The zero-order valence-electron chi connectivity index (χ0n) is 16.6. The minimum absolute atomic E-state index is 0.115. The van der Waals surface area contributed by atoms with Gasteiger partial charge in [-0.3, -0.25) is 14.2 Å². The van der Waals surface area contributed by atoms with Crippen LogP contribution >= 0.6 is 22.7 Å². The molecule has 1 amide bonds. The van der Waals surface area contributed by atoms with Gasteiger partial charge in [0.15, 0.2) is 5.57 Å². The van der Waals surface area contributed by atoms with E-state index in [2.05, 4.69) is 0 Å². The number of carbonyl (C=O) groups is 1. The Bertz CT molecular complexity index is 1340. The predicted molar refractivity (Wildman–Crippen MR) is 118 cm³/mol. The molecule has 0 bridgehead atoms. The number of aryl methyl sites for hydroxylation is 1. The number of ether oxygens (including phenoxy) is 1. The van der Waals surface area contributed by atoms with Gasteiger partial charge in [0, 0.05) is 18.0 Å². The van der Waals surface area contributed by atoms with Gasteiger partial charge in [0.2, 0.25) is 0 Å². The highest BCUT2D eigenvalue weighted by atomic mass is 32.1. The molecule has 9 heteroatoms. The molecular formula is C22H18FN3O3S2. The Hall–Kier alpha value is -3.06. The molecule has 1 fully saturated rings. The summed E-state index contributed by atoms with van der Waals surface area (Å²) in [7, 11) is 0. The summed E-state index contributed by atoms with van der Waals surface area (Å²) >= 11 is 2.59. The summed E-state index contributed by atoms with van der Waals surface area (Å²) in [4.78, 5) is 28.9. The number of nitriles is 1. The van der Waals surface area contributed by atoms with Crippen LogP contribution in [0, 0.1) is 24.1 Å². The van der Waals surface area contributed by atoms with Gasteiger partial charge >= 0.3 is 0 Å². The van der Waals surface area contributed by atoms with Gasteiger partial charge in [0.05, 0.1) is 23.4 Å². The molecule has 0 N–H and O–H groups in total. The molecule has 2 aromatic heterocycles. The summed E-state index contributed by atoms with van der Waals surface area (Å²) in [6, 6.07) is 9.36. The van der Waals surface area contributed by atoms with Crippen molar-refractivity contribution in [2.24, 2.45) is 0 Å². The normalized spacial score (nSPS) is 15.6. The maximum atomic E-state index is 13.5. The number of amides is 1. The number of benzene rings is 1. The van der Waals surface area contributed by atoms with Crippen molar-refractivity contribution in [3.63, 3.8) is 0 Å². The lowest BCUT2D eigenvalue weighted by Gasteiger charge is -2.26. The van der Waals surface area contributed by atoms with E-state index >= 15 is 0 Å². The molecule has 6 nitrogen and oxygen atoms in total. The van der Waals surface area contributed by atoms with Gasteiger partial charge in [0.1, 0.15) is 16.5 Å². The molecule has 0 radical (unpaired) electrons. The molecular weight excluding hydrogens is 437 g/mol. The van der Waals surface area contributed by atoms with Crippen LogP contribution in [0.4, 0.5) is 4.39 Å². The highest BCUT2D eigenvalue weighted by molar-refractivity contribution is 7.11. The number of thiophene rings is 1. The third kappa shape index (κ3) is 4.23. The Morgan fingerprint density at radius 1 is 1.23 bits per heavy atom. The first-order valence-electron chi connectivity index (χ1n) is 9.54. The number of nitrogens with zero attached hydrogens (tertiary/aromatic N) is 3. The Morgan fingerprint density at radius 3 is 2.55 bits per heavy atom. The Kier molecular flexibility index (Phi) is 6.13. The number of hydrogen-bond donors (Lipinski definition) is 0. The first kappa shape index (κ1) is 21.2. The van der Waals surface area contributed by atoms with E-state index in [0.717, 1.165) is 21.8 Å². The number of morpholine rings is 1. The molecule has 1 saturated heterocycles. The van der Waals surface area contributed by atoms with Gasteiger partial charge in [-0.25, -0.2) is 4.39 Å². The predicted octanol–water partition coefficient (Wildman–Crippen LogP) is 1.77. The summed E-state index contributed by atoms with van der Waals surface area (Å²) in [6.45, 7) is 3.50. The van der Waals surface area contributed by atoms with Crippen LogP contribution < -0.4 is 14.8 Å². The van der Waals surface area contributed by atoms with E-state index in [0.29, 0.717) is 36.5 Å². The monoisotopic (exact) mass is 455 g/mol. The van der Waals surface area contributed by atoms with E-state index in [4.69, 9.17) is 4.74 Å². The average molecular weight is 456 g/mol. The molecule has 0 unspecified atom stereocenters. The zero-order chi connectivity index (χ0) is 22.0. The van der Waals surface area contributed by atoms with E-state index in [1.54, 1.807) is 11.0 Å². The van der Waals surface area contributed by atoms with Gasteiger partial charge in [-0.15, -0.1) is 22.7 Å². The van der Waals surface area contributed by atoms with Crippen molar-refractivity contribution < 1.29 is 13.9 Å². The van der Waals surface area contributed by atoms with E-state index < -0.39 is 11.7 Å². The lowest BCUT2D eigenvalue weighted by atomic mass is 10.2. The Labute approximate surface area is 185 Å². The van der Waals surface area contributed by atoms with Crippen molar-refractivity contribution in [1.29, 1.82) is 5.26 Å². The molecule has 31 heavy (non-hydrogen) atoms. The Balaban J connectivity index is 2.00. The molecule has 3 aromatic rings. The maximum absolute atomic E-state index is 13.5. The van der Waals surface area contributed by atoms with E-state index in [-0.39, 0.29) is 15.8 Å². The number of carbonyl (C=O) groups excluding carboxylic acids is 1. The molecule has 0 atom stereocenters. The minimum Gasteiger partial charge on any atom is -0.378 e. The molecule has 158 valence electrons. The van der Waals surface area contributed by atoms with E-state index in [9.17, 15) is 19.2 Å². The summed E-state index contributed by atoms with van der Waals surface area (Å²) in [5.41, 5.74) is 0.946. The highest BCUT2D eigenvalue weighted by Gasteiger charge is 2.24. The largest absolute Gasteiger partial charge is 0.378 e. The average Bonchev–Trinajstić information content (AvgIpc) is 3.33. The fraction of sp³-hybridized carbons (Fsp3) is 0.227. The van der Waals surface area contributed by atoms with Crippen molar-refractivity contribution in [3.8, 4) is 11.8 Å². The molecule has 0 aliphatic carbocycles. The second-order valence-corrected chi connectivity index (χ2v) is 8.87. The van der Waals surface area contributed by atoms with Crippen LogP contribution in [0.15, 0.2) is 40.5 Å². The number of halogens is 1. The van der Waals surface area contributed by atoms with E-state index in [1.807, 2.05) is 24.4 Å². The topological polar surface area (TPSA) is 75.3 Å². The second-order valence-electron chi connectivity index (χ2n) is 6.89. The summed E-state index contributed by atoms with van der Waals surface area (Å²) in [5, 5.41) is 11.8. The fourth-order valence-corrected chi connectivity index (χ4v) is 5.25. The fourth-order valence-electron chi connectivity index (χ4n) is 3.24. The van der Waals surface area contributed by atoms with Crippen LogP contribution in [0.3, 0.4) is 0 Å². The van der Waals surface area contributed by atoms with Crippen molar-refractivity contribution in [2.75, 3.05) is 26.3 Å². The number of thiazole rings is 1. The van der Waals surface area contributed by atoms with Crippen LogP contribution in [-0.4, -0.2) is 41.7 Å². The van der Waals surface area contributed by atoms with Gasteiger partial charge in [-0.2, -0.15) is 5.26 Å². The van der Waals surface area contributed by atoms with Crippen molar-refractivity contribution in [2.45, 2.75) is 6.92 Å².